The number of carboxylic acids is 1. The van der Waals surface area contributed by atoms with Crippen LogP contribution in [0.4, 0.5) is 0 Å². The van der Waals surface area contributed by atoms with Crippen LogP contribution in [0, 0.1) is 11.3 Å². The molecule has 0 bridgehead atoms. The Morgan fingerprint density at radius 3 is 2.38 bits per heavy atom. The van der Waals surface area contributed by atoms with Crippen LogP contribution in [0.2, 0.25) is 0 Å². The van der Waals surface area contributed by atoms with Crippen LogP contribution < -0.4 is 4.74 Å². The predicted molar refractivity (Wildman–Crippen MR) is 94.5 cm³/mol. The maximum absolute atomic E-state index is 12.1. The molecule has 2 aliphatic rings. The summed E-state index contributed by atoms with van der Waals surface area (Å²) in [4.78, 5) is 14.5. The van der Waals surface area contributed by atoms with Crippen molar-refractivity contribution in [3.05, 3.63) is 29.8 Å². The quantitative estimate of drug-likeness (QED) is 0.912. The van der Waals surface area contributed by atoms with Gasteiger partial charge in [-0.05, 0) is 56.2 Å². The molecule has 4 heteroatoms. The Kier molecular flexibility index (Phi) is 4.86. The number of rotatable bonds is 4. The van der Waals surface area contributed by atoms with E-state index in [1.165, 1.54) is 25.7 Å². The van der Waals surface area contributed by atoms with Gasteiger partial charge in [-0.1, -0.05) is 19.1 Å². The summed E-state index contributed by atoms with van der Waals surface area (Å²) in [6.07, 6.45) is 4.93. The number of methoxy groups -OCH3 is 1. The smallest absolute Gasteiger partial charge is 0.311 e. The highest BCUT2D eigenvalue weighted by Gasteiger charge is 2.50. The fourth-order valence-corrected chi connectivity index (χ4v) is 4.44. The lowest BCUT2D eigenvalue weighted by Crippen LogP contribution is -2.39. The second-order valence-electron chi connectivity index (χ2n) is 7.89. The average Bonchev–Trinajstić information content (AvgIpc) is 2.95. The molecule has 24 heavy (non-hydrogen) atoms. The van der Waals surface area contributed by atoms with Gasteiger partial charge in [-0.3, -0.25) is 9.69 Å². The van der Waals surface area contributed by atoms with Crippen LogP contribution in [-0.4, -0.2) is 42.2 Å². The largest absolute Gasteiger partial charge is 0.497 e. The van der Waals surface area contributed by atoms with Crippen LogP contribution in [0.3, 0.4) is 0 Å². The zero-order valence-electron chi connectivity index (χ0n) is 15.0. The minimum absolute atomic E-state index is 0.0280. The van der Waals surface area contributed by atoms with Crippen LogP contribution >= 0.6 is 0 Å². The van der Waals surface area contributed by atoms with Crippen molar-refractivity contribution in [2.45, 2.75) is 51.5 Å². The first-order chi connectivity index (χ1) is 11.4. The molecule has 3 rings (SSSR count). The van der Waals surface area contributed by atoms with Gasteiger partial charge in [0, 0.05) is 25.0 Å². The van der Waals surface area contributed by atoms with E-state index in [2.05, 4.69) is 11.8 Å². The minimum atomic E-state index is -0.725. The molecule has 1 saturated carbocycles. The third kappa shape index (κ3) is 3.16. The standard InChI is InChI=1S/C20H29NO3/c1-14-4-8-16(9-5-14)21-12-18(20(2,13-21)19(22)23)15-6-10-17(24-3)11-7-15/h6-7,10-11,14,16,18H,4-5,8-9,12-13H2,1-3H3,(H,22,23). The van der Waals surface area contributed by atoms with Gasteiger partial charge in [0.2, 0.25) is 0 Å². The van der Waals surface area contributed by atoms with Crippen molar-refractivity contribution in [1.82, 2.24) is 4.90 Å². The highest BCUT2D eigenvalue weighted by molar-refractivity contribution is 5.76. The summed E-state index contributed by atoms with van der Waals surface area (Å²) >= 11 is 0. The lowest BCUT2D eigenvalue weighted by Gasteiger charge is -2.34. The van der Waals surface area contributed by atoms with Crippen molar-refractivity contribution in [2.24, 2.45) is 11.3 Å². The van der Waals surface area contributed by atoms with Crippen molar-refractivity contribution in [2.75, 3.05) is 20.2 Å². The minimum Gasteiger partial charge on any atom is -0.497 e. The monoisotopic (exact) mass is 331 g/mol. The van der Waals surface area contributed by atoms with Gasteiger partial charge in [0.1, 0.15) is 5.75 Å². The van der Waals surface area contributed by atoms with E-state index < -0.39 is 11.4 Å². The number of benzene rings is 1. The van der Waals surface area contributed by atoms with Gasteiger partial charge in [-0.15, -0.1) is 0 Å². The predicted octanol–water partition coefficient (Wildman–Crippen LogP) is 3.76. The summed E-state index contributed by atoms with van der Waals surface area (Å²) in [6, 6.07) is 8.46. The van der Waals surface area contributed by atoms with E-state index in [9.17, 15) is 9.90 Å². The lowest BCUT2D eigenvalue weighted by molar-refractivity contribution is -0.148. The third-order valence-corrected chi connectivity index (χ3v) is 6.23. The first kappa shape index (κ1) is 17.3. The molecule has 132 valence electrons. The highest BCUT2D eigenvalue weighted by atomic mass is 16.5. The molecule has 2 atom stereocenters. The Hall–Kier alpha value is -1.55. The summed E-state index contributed by atoms with van der Waals surface area (Å²) in [6.45, 7) is 5.73. The Labute approximate surface area is 144 Å². The molecule has 1 aromatic rings. The Morgan fingerprint density at radius 2 is 1.83 bits per heavy atom. The number of ether oxygens (including phenoxy) is 1. The van der Waals surface area contributed by atoms with Crippen molar-refractivity contribution in [3.63, 3.8) is 0 Å². The van der Waals surface area contributed by atoms with E-state index in [0.29, 0.717) is 12.6 Å². The van der Waals surface area contributed by atoms with Crippen molar-refractivity contribution in [1.29, 1.82) is 0 Å². The van der Waals surface area contributed by atoms with Gasteiger partial charge in [0.15, 0.2) is 0 Å². The van der Waals surface area contributed by atoms with Gasteiger partial charge in [-0.25, -0.2) is 0 Å². The normalized spacial score (nSPS) is 34.2. The molecule has 2 fully saturated rings. The van der Waals surface area contributed by atoms with Gasteiger partial charge in [-0.2, -0.15) is 0 Å². The summed E-state index contributed by atoms with van der Waals surface area (Å²) < 4.78 is 5.23. The first-order valence-corrected chi connectivity index (χ1v) is 9.05. The van der Waals surface area contributed by atoms with E-state index in [-0.39, 0.29) is 5.92 Å². The molecule has 1 saturated heterocycles. The highest BCUT2D eigenvalue weighted by Crippen LogP contribution is 2.45. The van der Waals surface area contributed by atoms with Crippen molar-refractivity contribution in [3.8, 4) is 5.75 Å². The van der Waals surface area contributed by atoms with Crippen LogP contribution in [0.5, 0.6) is 5.75 Å². The van der Waals surface area contributed by atoms with Crippen LogP contribution in [0.25, 0.3) is 0 Å². The number of nitrogens with zero attached hydrogens (tertiary/aromatic N) is 1. The molecule has 0 aromatic heterocycles. The van der Waals surface area contributed by atoms with E-state index in [1.54, 1.807) is 7.11 Å². The maximum atomic E-state index is 12.1. The summed E-state index contributed by atoms with van der Waals surface area (Å²) in [5.74, 6) is 0.967. The second kappa shape index (κ2) is 6.75. The van der Waals surface area contributed by atoms with Crippen molar-refractivity contribution >= 4 is 5.97 Å². The fourth-order valence-electron chi connectivity index (χ4n) is 4.44. The molecule has 1 heterocycles. The molecule has 1 N–H and O–H groups in total. The fraction of sp³-hybridized carbons (Fsp3) is 0.650. The van der Waals surface area contributed by atoms with Crippen LogP contribution in [0.1, 0.15) is 51.0 Å². The molecular weight excluding hydrogens is 302 g/mol. The van der Waals surface area contributed by atoms with E-state index >= 15 is 0 Å². The zero-order valence-corrected chi connectivity index (χ0v) is 15.0. The number of hydrogen-bond acceptors (Lipinski definition) is 3. The molecule has 4 nitrogen and oxygen atoms in total. The van der Waals surface area contributed by atoms with E-state index in [1.807, 2.05) is 31.2 Å². The molecule has 0 radical (unpaired) electrons. The topological polar surface area (TPSA) is 49.8 Å². The molecule has 1 aliphatic carbocycles. The molecule has 1 aliphatic heterocycles. The molecular formula is C20H29NO3. The number of likely N-dealkylation sites (tertiary alicyclic amines) is 1. The van der Waals surface area contributed by atoms with Gasteiger partial charge >= 0.3 is 5.97 Å². The van der Waals surface area contributed by atoms with Crippen molar-refractivity contribution < 1.29 is 14.6 Å². The summed E-state index contributed by atoms with van der Waals surface area (Å²) in [7, 11) is 1.65. The SMILES string of the molecule is COc1ccc(C2CN(C3CCC(C)CC3)CC2(C)C(=O)O)cc1. The van der Waals surface area contributed by atoms with Crippen LogP contribution in [-0.2, 0) is 4.79 Å². The second-order valence-corrected chi connectivity index (χ2v) is 7.89. The Balaban J connectivity index is 1.82. The van der Waals surface area contributed by atoms with E-state index in [0.717, 1.165) is 23.8 Å². The molecule has 1 aromatic carbocycles. The summed E-state index contributed by atoms with van der Waals surface area (Å²) in [5.41, 5.74) is 0.380. The number of carboxylic acid groups (broad SMARTS) is 1. The third-order valence-electron chi connectivity index (χ3n) is 6.23. The molecule has 0 amide bonds. The summed E-state index contributed by atoms with van der Waals surface area (Å²) in [5, 5.41) is 9.91. The number of aliphatic carboxylic acids is 1. The average molecular weight is 331 g/mol. The molecule has 0 spiro atoms. The Morgan fingerprint density at radius 1 is 1.21 bits per heavy atom. The maximum Gasteiger partial charge on any atom is 0.311 e. The van der Waals surface area contributed by atoms with Gasteiger partial charge < -0.3 is 9.84 Å². The number of hydrogen-bond donors (Lipinski definition) is 1. The van der Waals surface area contributed by atoms with E-state index in [4.69, 9.17) is 4.74 Å². The van der Waals surface area contributed by atoms with Gasteiger partial charge in [0.05, 0.1) is 12.5 Å². The number of carbonyl (C=O) groups is 1. The zero-order chi connectivity index (χ0) is 17.3. The lowest BCUT2D eigenvalue weighted by atomic mass is 9.76. The first-order valence-electron chi connectivity index (χ1n) is 9.05. The van der Waals surface area contributed by atoms with Crippen LogP contribution in [0.15, 0.2) is 24.3 Å². The Bertz CT molecular complexity index is 577. The molecule has 2 unspecified atom stereocenters. The van der Waals surface area contributed by atoms with Gasteiger partial charge in [0.25, 0.3) is 0 Å².